The highest BCUT2D eigenvalue weighted by Gasteiger charge is 2.27. The highest BCUT2D eigenvalue weighted by Crippen LogP contribution is 2.30. The molecule has 1 fully saturated rings. The zero-order chi connectivity index (χ0) is 12.6. The van der Waals surface area contributed by atoms with E-state index in [2.05, 4.69) is 18.7 Å². The highest BCUT2D eigenvalue weighted by atomic mass is 19.1. The molecular weight excluding hydrogens is 215 g/mol. The Labute approximate surface area is 103 Å². The largest absolute Gasteiger partial charge is 0.369 e. The van der Waals surface area contributed by atoms with Crippen LogP contribution in [0.25, 0.3) is 0 Å². The van der Waals surface area contributed by atoms with Crippen LogP contribution in [0.4, 0.5) is 10.1 Å². The maximum absolute atomic E-state index is 14.0. The average molecular weight is 236 g/mol. The minimum atomic E-state index is -0.152. The number of nitrogens with two attached hydrogens (primary N) is 1. The molecule has 0 spiro atoms. The first-order valence-corrected chi connectivity index (χ1v) is 6.29. The average Bonchev–Trinajstić information content (AvgIpc) is 2.58. The zero-order valence-corrected chi connectivity index (χ0v) is 10.8. The van der Waals surface area contributed by atoms with Gasteiger partial charge in [0, 0.05) is 19.1 Å². The van der Waals surface area contributed by atoms with Gasteiger partial charge in [-0.3, -0.25) is 0 Å². The van der Waals surface area contributed by atoms with Gasteiger partial charge in [0.25, 0.3) is 0 Å². The van der Waals surface area contributed by atoms with E-state index in [9.17, 15) is 4.39 Å². The summed E-state index contributed by atoms with van der Waals surface area (Å²) in [6, 6.07) is 5.23. The topological polar surface area (TPSA) is 29.3 Å². The van der Waals surface area contributed by atoms with E-state index in [1.54, 1.807) is 6.07 Å². The summed E-state index contributed by atoms with van der Waals surface area (Å²) in [6.07, 6.45) is 0. The van der Waals surface area contributed by atoms with Crippen LogP contribution < -0.4 is 10.6 Å². The van der Waals surface area contributed by atoms with E-state index in [4.69, 9.17) is 5.73 Å². The summed E-state index contributed by atoms with van der Waals surface area (Å²) in [4.78, 5) is 2.13. The number of benzene rings is 1. The van der Waals surface area contributed by atoms with E-state index in [1.165, 1.54) is 0 Å². The van der Waals surface area contributed by atoms with Crippen LogP contribution in [0.15, 0.2) is 18.2 Å². The molecule has 3 atom stereocenters. The Bertz CT molecular complexity index is 393. The molecule has 0 aliphatic carbocycles. The van der Waals surface area contributed by atoms with Crippen molar-refractivity contribution in [1.82, 2.24) is 0 Å². The van der Waals surface area contributed by atoms with Gasteiger partial charge in [0.15, 0.2) is 0 Å². The Hall–Kier alpha value is -1.09. The molecule has 0 amide bonds. The fourth-order valence-corrected chi connectivity index (χ4v) is 2.39. The van der Waals surface area contributed by atoms with Gasteiger partial charge in [0.1, 0.15) is 5.82 Å². The molecule has 0 radical (unpaired) electrons. The van der Waals surface area contributed by atoms with Crippen LogP contribution in [0.2, 0.25) is 0 Å². The molecule has 94 valence electrons. The van der Waals surface area contributed by atoms with E-state index in [0.717, 1.165) is 18.7 Å². The van der Waals surface area contributed by atoms with E-state index < -0.39 is 0 Å². The lowest BCUT2D eigenvalue weighted by molar-refractivity contribution is 0.494. The summed E-state index contributed by atoms with van der Waals surface area (Å²) in [5, 5.41) is 0. The van der Waals surface area contributed by atoms with Crippen LogP contribution in [0.5, 0.6) is 0 Å². The van der Waals surface area contributed by atoms with Gasteiger partial charge in [0.05, 0.1) is 5.69 Å². The van der Waals surface area contributed by atoms with Crippen LogP contribution >= 0.6 is 0 Å². The molecule has 2 nitrogen and oxygen atoms in total. The molecule has 2 unspecified atom stereocenters. The number of halogens is 1. The van der Waals surface area contributed by atoms with Crippen molar-refractivity contribution >= 4 is 5.69 Å². The van der Waals surface area contributed by atoms with E-state index in [1.807, 2.05) is 19.1 Å². The lowest BCUT2D eigenvalue weighted by atomic mass is 10.0. The van der Waals surface area contributed by atoms with Gasteiger partial charge in [-0.15, -0.1) is 0 Å². The third-order valence-corrected chi connectivity index (χ3v) is 3.83. The predicted molar refractivity (Wildman–Crippen MR) is 69.5 cm³/mol. The molecule has 2 N–H and O–H groups in total. The van der Waals surface area contributed by atoms with Crippen molar-refractivity contribution in [3.05, 3.63) is 29.6 Å². The third-order valence-electron chi connectivity index (χ3n) is 3.83. The Kier molecular flexibility index (Phi) is 3.38. The molecule has 0 aromatic heterocycles. The number of hydrogen-bond donors (Lipinski definition) is 1. The zero-order valence-electron chi connectivity index (χ0n) is 10.8. The van der Waals surface area contributed by atoms with Crippen LogP contribution in [-0.4, -0.2) is 13.1 Å². The summed E-state index contributed by atoms with van der Waals surface area (Å²) >= 11 is 0. The minimum absolute atomic E-state index is 0.116. The lowest BCUT2D eigenvalue weighted by Crippen LogP contribution is -2.21. The number of hydrogen-bond acceptors (Lipinski definition) is 2. The first-order chi connectivity index (χ1) is 7.99. The summed E-state index contributed by atoms with van der Waals surface area (Å²) in [6.45, 7) is 8.19. The number of nitrogens with zero attached hydrogens (tertiary/aromatic N) is 1. The molecule has 0 bridgehead atoms. The van der Waals surface area contributed by atoms with Gasteiger partial charge in [-0.05, 0) is 36.5 Å². The van der Waals surface area contributed by atoms with Crippen molar-refractivity contribution in [3.8, 4) is 0 Å². The second kappa shape index (κ2) is 4.65. The van der Waals surface area contributed by atoms with Gasteiger partial charge < -0.3 is 10.6 Å². The minimum Gasteiger partial charge on any atom is -0.369 e. The lowest BCUT2D eigenvalue weighted by Gasteiger charge is -2.20. The third kappa shape index (κ3) is 2.44. The van der Waals surface area contributed by atoms with Gasteiger partial charge in [-0.1, -0.05) is 19.9 Å². The summed E-state index contributed by atoms with van der Waals surface area (Å²) in [7, 11) is 0. The van der Waals surface area contributed by atoms with Crippen molar-refractivity contribution in [2.75, 3.05) is 18.0 Å². The SMILES string of the molecule is CC1CN(c2ccc([C@@H](C)N)cc2F)CC1C. The van der Waals surface area contributed by atoms with Crippen molar-refractivity contribution in [3.63, 3.8) is 0 Å². The normalized spacial score (nSPS) is 26.3. The molecule has 1 heterocycles. The van der Waals surface area contributed by atoms with Crippen molar-refractivity contribution < 1.29 is 4.39 Å². The van der Waals surface area contributed by atoms with Crippen molar-refractivity contribution in [1.29, 1.82) is 0 Å². The quantitative estimate of drug-likeness (QED) is 0.855. The smallest absolute Gasteiger partial charge is 0.146 e. The van der Waals surface area contributed by atoms with Gasteiger partial charge in [-0.2, -0.15) is 0 Å². The van der Waals surface area contributed by atoms with E-state index in [-0.39, 0.29) is 11.9 Å². The van der Waals surface area contributed by atoms with Crippen molar-refractivity contribution in [2.45, 2.75) is 26.8 Å². The van der Waals surface area contributed by atoms with Gasteiger partial charge >= 0.3 is 0 Å². The van der Waals surface area contributed by atoms with E-state index in [0.29, 0.717) is 17.5 Å². The summed E-state index contributed by atoms with van der Waals surface area (Å²) in [5.74, 6) is 1.10. The Morgan fingerprint density at radius 3 is 2.35 bits per heavy atom. The number of anilines is 1. The summed E-state index contributed by atoms with van der Waals surface area (Å²) < 4.78 is 14.0. The number of rotatable bonds is 2. The molecule has 1 saturated heterocycles. The molecule has 0 saturated carbocycles. The summed E-state index contributed by atoms with van der Waals surface area (Å²) in [5.41, 5.74) is 7.32. The Morgan fingerprint density at radius 1 is 1.29 bits per heavy atom. The fourth-order valence-electron chi connectivity index (χ4n) is 2.39. The molecule has 17 heavy (non-hydrogen) atoms. The highest BCUT2D eigenvalue weighted by molar-refractivity contribution is 5.50. The molecule has 2 rings (SSSR count). The van der Waals surface area contributed by atoms with Crippen LogP contribution in [0.1, 0.15) is 32.4 Å². The maximum Gasteiger partial charge on any atom is 0.146 e. The maximum atomic E-state index is 14.0. The van der Waals surface area contributed by atoms with Gasteiger partial charge in [-0.25, -0.2) is 4.39 Å². The molecule has 1 aromatic carbocycles. The van der Waals surface area contributed by atoms with Crippen molar-refractivity contribution in [2.24, 2.45) is 17.6 Å². The Balaban J connectivity index is 2.23. The predicted octanol–water partition coefficient (Wildman–Crippen LogP) is 2.94. The molecular formula is C14H21FN2. The van der Waals surface area contributed by atoms with Gasteiger partial charge in [0.2, 0.25) is 0 Å². The monoisotopic (exact) mass is 236 g/mol. The molecule has 1 aliphatic rings. The molecule has 3 heteroatoms. The molecule has 1 aliphatic heterocycles. The van der Waals surface area contributed by atoms with Crippen LogP contribution in [0, 0.1) is 17.7 Å². The second-order valence-electron chi connectivity index (χ2n) is 5.36. The van der Waals surface area contributed by atoms with Crippen LogP contribution in [-0.2, 0) is 0 Å². The molecule has 1 aromatic rings. The second-order valence-corrected chi connectivity index (χ2v) is 5.36. The Morgan fingerprint density at radius 2 is 1.88 bits per heavy atom. The van der Waals surface area contributed by atoms with E-state index >= 15 is 0 Å². The first-order valence-electron chi connectivity index (χ1n) is 6.29. The van der Waals surface area contributed by atoms with Crippen LogP contribution in [0.3, 0.4) is 0 Å². The fraction of sp³-hybridized carbons (Fsp3) is 0.571. The standard InChI is InChI=1S/C14H21FN2/c1-9-7-17(8-10(9)2)14-5-4-12(11(3)16)6-13(14)15/h4-6,9-11H,7-8,16H2,1-3H3/t9?,10?,11-/m1/s1. The first kappa shape index (κ1) is 12.4.